The van der Waals surface area contributed by atoms with Crippen LogP contribution in [0.1, 0.15) is 44.9 Å². The third-order valence-corrected chi connectivity index (χ3v) is 4.46. The molecule has 23 heavy (non-hydrogen) atoms. The minimum absolute atomic E-state index is 0.573. The number of aryl methyl sites for hydroxylation is 2. The maximum atomic E-state index is 10.2. The van der Waals surface area contributed by atoms with Crippen LogP contribution in [-0.2, 0) is 17.8 Å². The van der Waals surface area contributed by atoms with Crippen molar-refractivity contribution in [3.8, 4) is 0 Å². The molecule has 0 aliphatic carbocycles. The molecule has 1 aromatic heterocycles. The van der Waals surface area contributed by atoms with Crippen molar-refractivity contribution in [3.05, 3.63) is 18.2 Å². The summed E-state index contributed by atoms with van der Waals surface area (Å²) in [6.07, 6.45) is 11.1. The smallest absolute Gasteiger partial charge is 0.120 e. The Kier molecular flexibility index (Phi) is 9.80. The molecule has 5 heteroatoms. The van der Waals surface area contributed by atoms with Gasteiger partial charge in [-0.25, -0.2) is 4.98 Å². The number of hydrogen-bond donors (Lipinski definition) is 0. The first-order chi connectivity index (χ1) is 11.1. The van der Waals surface area contributed by atoms with Gasteiger partial charge >= 0.3 is 0 Å². The minimum atomic E-state index is 0.573. The molecule has 0 atom stereocenters. The molecule has 2 heterocycles. The molecule has 132 valence electrons. The van der Waals surface area contributed by atoms with Gasteiger partial charge in [-0.2, -0.15) is 0 Å². The minimum Gasteiger partial charge on any atom is -0.335 e. The van der Waals surface area contributed by atoms with Gasteiger partial charge < -0.3 is 19.2 Å². The van der Waals surface area contributed by atoms with Crippen LogP contribution >= 0.6 is 0 Å². The van der Waals surface area contributed by atoms with Crippen molar-refractivity contribution in [3.63, 3.8) is 0 Å². The number of nitrogens with zero attached hydrogens (tertiary/aromatic N) is 4. The molecule has 1 aliphatic heterocycles. The number of hydrogen-bond acceptors (Lipinski definition) is 4. The van der Waals surface area contributed by atoms with Crippen LogP contribution in [0.25, 0.3) is 0 Å². The number of aldehydes is 1. The Hall–Kier alpha value is -1.20. The highest BCUT2D eigenvalue weighted by Gasteiger charge is 2.17. The summed E-state index contributed by atoms with van der Waals surface area (Å²) in [5, 5.41) is 0. The van der Waals surface area contributed by atoms with Gasteiger partial charge in [-0.1, -0.05) is 13.3 Å². The fraction of sp³-hybridized carbons (Fsp3) is 0.778. The number of carbonyl (C=O) groups is 1. The van der Waals surface area contributed by atoms with E-state index in [9.17, 15) is 4.79 Å². The SMILES string of the molecule is CCCCn1ccnc1CCC=O.CN1CCC(N(C)C)CC1. The molecule has 1 fully saturated rings. The molecule has 0 bridgehead atoms. The van der Waals surface area contributed by atoms with Crippen molar-refractivity contribution in [2.75, 3.05) is 34.2 Å². The first kappa shape index (κ1) is 19.8. The Bertz CT molecular complexity index is 422. The van der Waals surface area contributed by atoms with Gasteiger partial charge in [0.25, 0.3) is 0 Å². The van der Waals surface area contributed by atoms with Crippen molar-refractivity contribution in [1.82, 2.24) is 19.4 Å². The van der Waals surface area contributed by atoms with Gasteiger partial charge in [0.1, 0.15) is 12.1 Å². The van der Waals surface area contributed by atoms with Crippen LogP contribution < -0.4 is 0 Å². The average molecular weight is 322 g/mol. The normalized spacial score (nSPS) is 16.2. The number of aromatic nitrogens is 2. The van der Waals surface area contributed by atoms with E-state index in [-0.39, 0.29) is 0 Å². The number of rotatable bonds is 7. The lowest BCUT2D eigenvalue weighted by atomic mass is 10.1. The van der Waals surface area contributed by atoms with Crippen molar-refractivity contribution in [2.45, 2.75) is 58.0 Å². The Morgan fingerprint density at radius 2 is 2.04 bits per heavy atom. The van der Waals surface area contributed by atoms with Crippen LogP contribution in [0.5, 0.6) is 0 Å². The number of carbonyl (C=O) groups excluding carboxylic acids is 1. The standard InChI is InChI=1S/C10H16N2O.C8H18N2/c1-2-3-7-12-8-6-11-10(12)5-4-9-13;1-9(2)8-4-6-10(3)7-5-8/h6,8-9H,2-5,7H2,1H3;8H,4-7H2,1-3H3. The van der Waals surface area contributed by atoms with Gasteiger partial charge in [0.15, 0.2) is 0 Å². The molecule has 0 N–H and O–H groups in total. The van der Waals surface area contributed by atoms with Gasteiger partial charge in [0, 0.05) is 37.8 Å². The molecular weight excluding hydrogens is 288 g/mol. The fourth-order valence-electron chi connectivity index (χ4n) is 2.80. The molecule has 1 aliphatic rings. The average Bonchev–Trinajstić information content (AvgIpc) is 2.99. The first-order valence-electron chi connectivity index (χ1n) is 8.87. The zero-order valence-corrected chi connectivity index (χ0v) is 15.4. The van der Waals surface area contributed by atoms with E-state index in [1.165, 1.54) is 38.8 Å². The van der Waals surface area contributed by atoms with Crippen LogP contribution in [-0.4, -0.2) is 65.9 Å². The highest BCUT2D eigenvalue weighted by Crippen LogP contribution is 2.11. The Morgan fingerprint density at radius 1 is 1.35 bits per heavy atom. The van der Waals surface area contributed by atoms with Crippen molar-refractivity contribution in [2.24, 2.45) is 0 Å². The van der Waals surface area contributed by atoms with Crippen molar-refractivity contribution < 1.29 is 4.79 Å². The van der Waals surface area contributed by atoms with Gasteiger partial charge in [-0.15, -0.1) is 0 Å². The second-order valence-electron chi connectivity index (χ2n) is 6.59. The summed E-state index contributed by atoms with van der Waals surface area (Å²) in [4.78, 5) is 19.1. The zero-order valence-electron chi connectivity index (χ0n) is 15.4. The van der Waals surface area contributed by atoms with Gasteiger partial charge in [0.05, 0.1) is 0 Å². The van der Waals surface area contributed by atoms with E-state index < -0.39 is 0 Å². The largest absolute Gasteiger partial charge is 0.335 e. The number of unbranched alkanes of at least 4 members (excludes halogenated alkanes) is 1. The van der Waals surface area contributed by atoms with Crippen LogP contribution in [0.4, 0.5) is 0 Å². The van der Waals surface area contributed by atoms with E-state index >= 15 is 0 Å². The molecule has 0 saturated carbocycles. The van der Waals surface area contributed by atoms with Crippen LogP contribution in [0, 0.1) is 0 Å². The topological polar surface area (TPSA) is 41.4 Å². The van der Waals surface area contributed by atoms with E-state index in [4.69, 9.17) is 0 Å². The fourth-order valence-corrected chi connectivity index (χ4v) is 2.80. The van der Waals surface area contributed by atoms with E-state index in [2.05, 4.69) is 47.4 Å². The summed E-state index contributed by atoms with van der Waals surface area (Å²) < 4.78 is 2.13. The molecule has 0 spiro atoms. The van der Waals surface area contributed by atoms with Crippen molar-refractivity contribution >= 4 is 6.29 Å². The van der Waals surface area contributed by atoms with Crippen LogP contribution in [0.2, 0.25) is 0 Å². The summed E-state index contributed by atoms with van der Waals surface area (Å²) in [6, 6.07) is 0.830. The quantitative estimate of drug-likeness (QED) is 0.723. The number of piperidine rings is 1. The zero-order chi connectivity index (χ0) is 17.1. The molecule has 0 radical (unpaired) electrons. The second-order valence-corrected chi connectivity index (χ2v) is 6.59. The molecule has 0 unspecified atom stereocenters. The van der Waals surface area contributed by atoms with Crippen molar-refractivity contribution in [1.29, 1.82) is 0 Å². The monoisotopic (exact) mass is 322 g/mol. The van der Waals surface area contributed by atoms with E-state index in [0.717, 1.165) is 31.1 Å². The Labute approximate surface area is 141 Å². The molecule has 2 rings (SSSR count). The number of likely N-dealkylation sites (tertiary alicyclic amines) is 1. The molecule has 0 amide bonds. The van der Waals surface area contributed by atoms with Gasteiger partial charge in [0.2, 0.25) is 0 Å². The summed E-state index contributed by atoms with van der Waals surface area (Å²) in [7, 11) is 6.55. The predicted molar refractivity (Wildman–Crippen MR) is 95.7 cm³/mol. The van der Waals surface area contributed by atoms with Gasteiger partial charge in [-0.3, -0.25) is 0 Å². The van der Waals surface area contributed by atoms with E-state index in [0.29, 0.717) is 6.42 Å². The van der Waals surface area contributed by atoms with E-state index in [1.807, 2.05) is 6.20 Å². The molecule has 5 nitrogen and oxygen atoms in total. The summed E-state index contributed by atoms with van der Waals surface area (Å²) in [5.41, 5.74) is 0. The Balaban J connectivity index is 0.000000238. The lowest BCUT2D eigenvalue weighted by molar-refractivity contribution is -0.107. The predicted octanol–water partition coefficient (Wildman–Crippen LogP) is 2.46. The molecular formula is C18H34N4O. The van der Waals surface area contributed by atoms with Crippen LogP contribution in [0.15, 0.2) is 12.4 Å². The maximum Gasteiger partial charge on any atom is 0.120 e. The van der Waals surface area contributed by atoms with Crippen LogP contribution in [0.3, 0.4) is 0 Å². The molecule has 0 aromatic carbocycles. The Morgan fingerprint density at radius 3 is 2.61 bits per heavy atom. The molecule has 1 aromatic rings. The van der Waals surface area contributed by atoms with Gasteiger partial charge in [-0.05, 0) is 53.5 Å². The summed E-state index contributed by atoms with van der Waals surface area (Å²) in [5.74, 6) is 1.03. The highest BCUT2D eigenvalue weighted by atomic mass is 16.1. The maximum absolute atomic E-state index is 10.2. The first-order valence-corrected chi connectivity index (χ1v) is 8.87. The second kappa shape index (κ2) is 11.4. The summed E-state index contributed by atoms with van der Waals surface area (Å²) >= 11 is 0. The number of imidazole rings is 1. The lowest BCUT2D eigenvalue weighted by Gasteiger charge is -2.32. The highest BCUT2D eigenvalue weighted by molar-refractivity contribution is 5.49. The summed E-state index contributed by atoms with van der Waals surface area (Å²) in [6.45, 7) is 5.72. The lowest BCUT2D eigenvalue weighted by Crippen LogP contribution is -2.40. The van der Waals surface area contributed by atoms with E-state index in [1.54, 1.807) is 6.20 Å². The molecule has 1 saturated heterocycles. The third-order valence-electron chi connectivity index (χ3n) is 4.46. The third kappa shape index (κ3) is 7.75.